The highest BCUT2D eigenvalue weighted by molar-refractivity contribution is 6.30. The largest absolute Gasteiger partial charge is 0.346 e. The number of aromatic amines is 1. The first-order valence-corrected chi connectivity index (χ1v) is 4.31. The lowest BCUT2D eigenvalue weighted by Gasteiger charge is -1.98. The van der Waals surface area contributed by atoms with Crippen molar-refractivity contribution in [3.8, 4) is 0 Å². The average molecular weight is 181 g/mol. The summed E-state index contributed by atoms with van der Waals surface area (Å²) in [6.45, 7) is 2.07. The Morgan fingerprint density at radius 1 is 1.58 bits per heavy atom. The number of halogens is 1. The van der Waals surface area contributed by atoms with Crippen LogP contribution in [0.3, 0.4) is 0 Å². The minimum absolute atomic E-state index is 0.604. The van der Waals surface area contributed by atoms with Crippen LogP contribution in [0.4, 0.5) is 0 Å². The summed E-state index contributed by atoms with van der Waals surface area (Å²) in [7, 11) is 0. The van der Waals surface area contributed by atoms with E-state index in [0.29, 0.717) is 5.15 Å². The third-order valence-corrected chi connectivity index (χ3v) is 2.27. The molecule has 12 heavy (non-hydrogen) atoms. The summed E-state index contributed by atoms with van der Waals surface area (Å²) in [4.78, 5) is 7.23. The minimum atomic E-state index is 0.604. The van der Waals surface area contributed by atoms with Gasteiger partial charge in [-0.15, -0.1) is 0 Å². The number of aryl methyl sites for hydroxylation is 1. The van der Waals surface area contributed by atoms with Crippen LogP contribution in [-0.4, -0.2) is 9.97 Å². The highest BCUT2D eigenvalue weighted by Gasteiger charge is 2.02. The zero-order chi connectivity index (χ0) is 8.55. The average Bonchev–Trinajstić information content (AvgIpc) is 2.49. The molecule has 3 heteroatoms. The van der Waals surface area contributed by atoms with Gasteiger partial charge in [-0.05, 0) is 24.1 Å². The third kappa shape index (κ3) is 1.08. The zero-order valence-electron chi connectivity index (χ0n) is 6.76. The van der Waals surface area contributed by atoms with Crippen LogP contribution in [0.25, 0.3) is 11.0 Å². The summed E-state index contributed by atoms with van der Waals surface area (Å²) >= 11 is 5.93. The number of fused-ring (bicyclic) bond motifs is 1. The molecule has 0 aliphatic heterocycles. The number of nitrogens with zero attached hydrogens (tertiary/aromatic N) is 1. The molecule has 62 valence electrons. The number of hydrogen-bond donors (Lipinski definition) is 1. The van der Waals surface area contributed by atoms with E-state index >= 15 is 0 Å². The van der Waals surface area contributed by atoms with Crippen molar-refractivity contribution in [2.24, 2.45) is 0 Å². The Morgan fingerprint density at radius 2 is 2.42 bits per heavy atom. The smallest absolute Gasteiger partial charge is 0.139 e. The molecule has 2 aromatic rings. The number of hydrogen-bond acceptors (Lipinski definition) is 1. The molecule has 0 spiro atoms. The lowest BCUT2D eigenvalue weighted by molar-refractivity contribution is 1.12. The van der Waals surface area contributed by atoms with Gasteiger partial charge in [-0.3, -0.25) is 0 Å². The Hall–Kier alpha value is -1.02. The van der Waals surface area contributed by atoms with Gasteiger partial charge in [-0.1, -0.05) is 18.5 Å². The van der Waals surface area contributed by atoms with Crippen molar-refractivity contribution < 1.29 is 0 Å². The monoisotopic (exact) mass is 180 g/mol. The lowest BCUT2D eigenvalue weighted by Crippen LogP contribution is -1.86. The van der Waals surface area contributed by atoms with Crippen molar-refractivity contribution >= 4 is 22.6 Å². The number of pyridine rings is 1. The van der Waals surface area contributed by atoms with Crippen LogP contribution in [-0.2, 0) is 6.42 Å². The van der Waals surface area contributed by atoms with Gasteiger partial charge < -0.3 is 4.98 Å². The molecule has 2 heterocycles. The fourth-order valence-electron chi connectivity index (χ4n) is 1.25. The summed E-state index contributed by atoms with van der Waals surface area (Å²) in [5.41, 5.74) is 1.96. The third-order valence-electron chi connectivity index (χ3n) is 1.94. The van der Waals surface area contributed by atoms with Crippen LogP contribution in [0.1, 0.15) is 12.5 Å². The molecular weight excluding hydrogens is 172 g/mol. The molecule has 0 saturated carbocycles. The van der Waals surface area contributed by atoms with Crippen molar-refractivity contribution in [2.75, 3.05) is 0 Å². The van der Waals surface area contributed by atoms with Crippen LogP contribution in [0.2, 0.25) is 5.15 Å². The van der Waals surface area contributed by atoms with E-state index in [2.05, 4.69) is 23.0 Å². The first kappa shape index (κ1) is 7.62. The molecule has 0 fully saturated rings. The van der Waals surface area contributed by atoms with Crippen molar-refractivity contribution in [1.82, 2.24) is 9.97 Å². The van der Waals surface area contributed by atoms with E-state index in [9.17, 15) is 0 Å². The molecule has 0 bridgehead atoms. The fraction of sp³-hybridized carbons (Fsp3) is 0.222. The minimum Gasteiger partial charge on any atom is -0.346 e. The first-order chi connectivity index (χ1) is 5.81. The molecule has 0 saturated heterocycles. The molecule has 0 aliphatic rings. The van der Waals surface area contributed by atoms with E-state index in [0.717, 1.165) is 23.0 Å². The second-order valence-corrected chi connectivity index (χ2v) is 3.07. The SMILES string of the molecule is CCc1cc2cc[nH]c2nc1Cl. The van der Waals surface area contributed by atoms with E-state index in [1.165, 1.54) is 0 Å². The quantitative estimate of drug-likeness (QED) is 0.672. The summed E-state index contributed by atoms with van der Waals surface area (Å²) < 4.78 is 0. The number of rotatable bonds is 1. The van der Waals surface area contributed by atoms with Gasteiger partial charge in [0, 0.05) is 11.6 Å². The van der Waals surface area contributed by atoms with Crippen LogP contribution < -0.4 is 0 Å². The summed E-state index contributed by atoms with van der Waals surface area (Å²) in [5.74, 6) is 0. The summed E-state index contributed by atoms with van der Waals surface area (Å²) in [6.07, 6.45) is 2.79. The second kappa shape index (κ2) is 2.79. The van der Waals surface area contributed by atoms with Crippen molar-refractivity contribution in [3.05, 3.63) is 29.0 Å². The maximum Gasteiger partial charge on any atom is 0.139 e. The predicted octanol–water partition coefficient (Wildman–Crippen LogP) is 2.78. The molecule has 0 amide bonds. The number of H-pyrrole nitrogens is 1. The van der Waals surface area contributed by atoms with E-state index in [4.69, 9.17) is 11.6 Å². The van der Waals surface area contributed by atoms with Gasteiger partial charge in [0.05, 0.1) is 0 Å². The zero-order valence-corrected chi connectivity index (χ0v) is 7.52. The first-order valence-electron chi connectivity index (χ1n) is 3.93. The highest BCUT2D eigenvalue weighted by Crippen LogP contribution is 2.19. The molecule has 0 radical (unpaired) electrons. The number of aromatic nitrogens is 2. The van der Waals surface area contributed by atoms with E-state index in [1.807, 2.05) is 12.3 Å². The van der Waals surface area contributed by atoms with Gasteiger partial charge in [0.25, 0.3) is 0 Å². The van der Waals surface area contributed by atoms with Crippen molar-refractivity contribution in [2.45, 2.75) is 13.3 Å². The van der Waals surface area contributed by atoms with Crippen LogP contribution in [0.15, 0.2) is 18.3 Å². The van der Waals surface area contributed by atoms with Gasteiger partial charge in [0.15, 0.2) is 0 Å². The van der Waals surface area contributed by atoms with Gasteiger partial charge in [-0.25, -0.2) is 4.98 Å². The molecule has 0 unspecified atom stereocenters. The van der Waals surface area contributed by atoms with Crippen LogP contribution in [0, 0.1) is 0 Å². The molecule has 2 rings (SSSR count). The van der Waals surface area contributed by atoms with Gasteiger partial charge >= 0.3 is 0 Å². The maximum atomic E-state index is 5.93. The molecule has 0 aromatic carbocycles. The Balaban J connectivity index is 2.73. The Kier molecular flexibility index (Phi) is 1.77. The summed E-state index contributed by atoms with van der Waals surface area (Å²) in [5, 5.41) is 1.73. The normalized spacial score (nSPS) is 10.8. The topological polar surface area (TPSA) is 28.7 Å². The van der Waals surface area contributed by atoms with Gasteiger partial charge in [0.1, 0.15) is 10.8 Å². The fourth-order valence-corrected chi connectivity index (χ4v) is 1.52. The van der Waals surface area contributed by atoms with Crippen molar-refractivity contribution in [1.29, 1.82) is 0 Å². The van der Waals surface area contributed by atoms with E-state index in [-0.39, 0.29) is 0 Å². The van der Waals surface area contributed by atoms with Gasteiger partial charge in [0.2, 0.25) is 0 Å². The van der Waals surface area contributed by atoms with Crippen LogP contribution in [0.5, 0.6) is 0 Å². The van der Waals surface area contributed by atoms with E-state index in [1.54, 1.807) is 0 Å². The molecule has 0 aliphatic carbocycles. The second-order valence-electron chi connectivity index (χ2n) is 2.71. The number of nitrogens with one attached hydrogen (secondary N) is 1. The highest BCUT2D eigenvalue weighted by atomic mass is 35.5. The Labute approximate surface area is 75.6 Å². The molecule has 2 nitrogen and oxygen atoms in total. The predicted molar refractivity (Wildman–Crippen MR) is 50.5 cm³/mol. The standard InChI is InChI=1S/C9H9ClN2/c1-2-6-5-7-3-4-11-9(7)12-8(6)10/h3-5H,2H2,1H3,(H,11,12). The van der Waals surface area contributed by atoms with E-state index < -0.39 is 0 Å². The Morgan fingerprint density at radius 3 is 3.17 bits per heavy atom. The Bertz CT molecular complexity index is 406. The van der Waals surface area contributed by atoms with Gasteiger partial charge in [-0.2, -0.15) is 0 Å². The lowest BCUT2D eigenvalue weighted by atomic mass is 10.2. The summed E-state index contributed by atoms with van der Waals surface area (Å²) in [6, 6.07) is 4.07. The van der Waals surface area contributed by atoms with Crippen LogP contribution >= 0.6 is 11.6 Å². The molecule has 2 aromatic heterocycles. The maximum absolute atomic E-state index is 5.93. The van der Waals surface area contributed by atoms with Crippen molar-refractivity contribution in [3.63, 3.8) is 0 Å². The molecular formula is C9H9ClN2. The molecule has 1 N–H and O–H groups in total. The molecule has 0 atom stereocenters.